The van der Waals surface area contributed by atoms with Crippen molar-refractivity contribution in [2.45, 2.75) is 12.5 Å². The molecule has 0 aliphatic carbocycles. The van der Waals surface area contributed by atoms with E-state index in [1.807, 2.05) is 11.0 Å². The van der Waals surface area contributed by atoms with Crippen molar-refractivity contribution in [2.24, 2.45) is 0 Å². The highest BCUT2D eigenvalue weighted by Crippen LogP contribution is 2.15. The lowest BCUT2D eigenvalue weighted by Gasteiger charge is -2.37. The summed E-state index contributed by atoms with van der Waals surface area (Å²) >= 11 is 3.36. The number of amides is 1. The maximum absolute atomic E-state index is 12.4. The molecule has 2 aliphatic rings. The van der Waals surface area contributed by atoms with Crippen molar-refractivity contribution in [3.63, 3.8) is 0 Å². The minimum absolute atomic E-state index is 0.0861. The van der Waals surface area contributed by atoms with Gasteiger partial charge in [-0.05, 0) is 35.0 Å². The molecule has 1 atom stereocenters. The normalized spacial score (nSPS) is 24.1. The molecule has 0 radical (unpaired) electrons. The van der Waals surface area contributed by atoms with Gasteiger partial charge in [0.05, 0.1) is 5.56 Å². The van der Waals surface area contributed by atoms with E-state index >= 15 is 0 Å². The van der Waals surface area contributed by atoms with E-state index in [1.54, 1.807) is 12.4 Å². The number of carbonyl (C=O) groups excluding carboxylic acids is 1. The Morgan fingerprint density at radius 1 is 1.30 bits per heavy atom. The molecule has 1 amide bonds. The molecule has 3 rings (SSSR count). The van der Waals surface area contributed by atoms with Gasteiger partial charge in [-0.3, -0.25) is 14.7 Å². The van der Waals surface area contributed by atoms with Crippen LogP contribution in [0.4, 0.5) is 0 Å². The number of halogens is 1. The average Bonchev–Trinajstić information content (AvgIpc) is 3.01. The number of pyridine rings is 1. The fraction of sp³-hybridized carbons (Fsp3) is 0.571. The van der Waals surface area contributed by atoms with Crippen LogP contribution in [-0.2, 0) is 0 Å². The molecule has 2 saturated heterocycles. The number of nitrogens with zero attached hydrogens (tertiary/aromatic N) is 3. The predicted octanol–water partition coefficient (Wildman–Crippen LogP) is 0.964. The topological polar surface area (TPSA) is 48.5 Å². The lowest BCUT2D eigenvalue weighted by molar-refractivity contribution is 0.0583. The van der Waals surface area contributed by atoms with Crippen molar-refractivity contribution in [1.29, 1.82) is 0 Å². The molecule has 0 saturated carbocycles. The molecule has 3 heterocycles. The Balaban J connectivity index is 1.58. The average molecular weight is 339 g/mol. The van der Waals surface area contributed by atoms with Crippen molar-refractivity contribution >= 4 is 21.8 Å². The van der Waals surface area contributed by atoms with Crippen LogP contribution in [0.15, 0.2) is 22.9 Å². The van der Waals surface area contributed by atoms with E-state index in [0.29, 0.717) is 11.6 Å². The highest BCUT2D eigenvalue weighted by atomic mass is 79.9. The Hall–Kier alpha value is -0.980. The van der Waals surface area contributed by atoms with E-state index in [4.69, 9.17) is 0 Å². The van der Waals surface area contributed by atoms with Crippen LogP contribution in [0, 0.1) is 0 Å². The van der Waals surface area contributed by atoms with Crippen LogP contribution in [0.3, 0.4) is 0 Å². The molecular formula is C14H19BrN4O. The van der Waals surface area contributed by atoms with Gasteiger partial charge >= 0.3 is 0 Å². The van der Waals surface area contributed by atoms with Crippen LogP contribution in [0.2, 0.25) is 0 Å². The number of carbonyl (C=O) groups is 1. The number of aromatic nitrogens is 1. The van der Waals surface area contributed by atoms with Crippen LogP contribution in [0.1, 0.15) is 16.8 Å². The van der Waals surface area contributed by atoms with Crippen LogP contribution >= 0.6 is 15.9 Å². The van der Waals surface area contributed by atoms with Crippen LogP contribution in [0.25, 0.3) is 0 Å². The number of nitrogens with one attached hydrogen (secondary N) is 1. The van der Waals surface area contributed by atoms with E-state index in [0.717, 1.165) is 43.7 Å². The fourth-order valence-electron chi connectivity index (χ4n) is 2.95. The number of rotatable bonds is 2. The first-order valence-electron chi connectivity index (χ1n) is 7.08. The second-order valence-electron chi connectivity index (χ2n) is 5.37. The summed E-state index contributed by atoms with van der Waals surface area (Å²) in [5, 5.41) is 3.40. The SMILES string of the molecule is O=C(c1cncc(Br)c1)N1CCN(C2CCNC2)CC1. The molecular weight excluding hydrogens is 320 g/mol. The van der Waals surface area contributed by atoms with Gasteiger partial charge in [0, 0.05) is 55.6 Å². The highest BCUT2D eigenvalue weighted by Gasteiger charge is 2.28. The summed E-state index contributed by atoms with van der Waals surface area (Å²) in [6.07, 6.45) is 4.56. The quantitative estimate of drug-likeness (QED) is 0.872. The summed E-state index contributed by atoms with van der Waals surface area (Å²) in [7, 11) is 0. The van der Waals surface area contributed by atoms with E-state index in [1.165, 1.54) is 6.42 Å². The second kappa shape index (κ2) is 6.20. The third-order valence-corrected chi connectivity index (χ3v) is 4.54. The largest absolute Gasteiger partial charge is 0.336 e. The molecule has 2 fully saturated rings. The van der Waals surface area contributed by atoms with Crippen molar-refractivity contribution in [3.8, 4) is 0 Å². The highest BCUT2D eigenvalue weighted by molar-refractivity contribution is 9.10. The molecule has 1 aromatic heterocycles. The summed E-state index contributed by atoms with van der Waals surface area (Å²) in [5.41, 5.74) is 0.662. The van der Waals surface area contributed by atoms with Crippen molar-refractivity contribution in [3.05, 3.63) is 28.5 Å². The molecule has 1 aromatic rings. The molecule has 0 aromatic carbocycles. The molecule has 2 aliphatic heterocycles. The van der Waals surface area contributed by atoms with Crippen LogP contribution < -0.4 is 5.32 Å². The number of piperazine rings is 1. The summed E-state index contributed by atoms with van der Waals surface area (Å²) in [6.45, 7) is 5.76. The van der Waals surface area contributed by atoms with Gasteiger partial charge in [0.1, 0.15) is 0 Å². The maximum atomic E-state index is 12.4. The van der Waals surface area contributed by atoms with Crippen LogP contribution in [0.5, 0.6) is 0 Å². The Morgan fingerprint density at radius 2 is 2.10 bits per heavy atom. The molecule has 6 heteroatoms. The zero-order valence-electron chi connectivity index (χ0n) is 11.4. The zero-order chi connectivity index (χ0) is 13.9. The van der Waals surface area contributed by atoms with Crippen molar-refractivity contribution in [1.82, 2.24) is 20.1 Å². The first-order chi connectivity index (χ1) is 9.74. The van der Waals surface area contributed by atoms with Crippen molar-refractivity contribution < 1.29 is 4.79 Å². The Bertz CT molecular complexity index is 482. The Labute approximate surface area is 127 Å². The lowest BCUT2D eigenvalue weighted by Crippen LogP contribution is -2.52. The standard InChI is InChI=1S/C14H19BrN4O/c15-12-7-11(8-17-9-12)14(20)19-5-3-18(4-6-19)13-1-2-16-10-13/h7-9,13,16H,1-6,10H2. The summed E-state index contributed by atoms with van der Waals surface area (Å²) in [5.74, 6) is 0.0861. The fourth-order valence-corrected chi connectivity index (χ4v) is 3.32. The summed E-state index contributed by atoms with van der Waals surface area (Å²) < 4.78 is 0.846. The molecule has 108 valence electrons. The minimum Gasteiger partial charge on any atom is -0.336 e. The van der Waals surface area contributed by atoms with Crippen molar-refractivity contribution in [2.75, 3.05) is 39.3 Å². The van der Waals surface area contributed by atoms with Gasteiger partial charge < -0.3 is 10.2 Å². The molecule has 20 heavy (non-hydrogen) atoms. The summed E-state index contributed by atoms with van der Waals surface area (Å²) in [4.78, 5) is 20.9. The first kappa shape index (κ1) is 14.0. The third-order valence-electron chi connectivity index (χ3n) is 4.10. The van der Waals surface area contributed by atoms with Gasteiger partial charge in [0.25, 0.3) is 5.91 Å². The lowest BCUT2D eigenvalue weighted by atomic mass is 10.1. The maximum Gasteiger partial charge on any atom is 0.255 e. The Morgan fingerprint density at radius 3 is 2.75 bits per heavy atom. The van der Waals surface area contributed by atoms with Gasteiger partial charge in [-0.1, -0.05) is 0 Å². The Kier molecular flexibility index (Phi) is 4.33. The summed E-state index contributed by atoms with van der Waals surface area (Å²) in [6, 6.07) is 2.49. The third kappa shape index (κ3) is 3.02. The number of hydrogen-bond donors (Lipinski definition) is 1. The van der Waals surface area contributed by atoms with Gasteiger partial charge in [-0.15, -0.1) is 0 Å². The van der Waals surface area contributed by atoms with Gasteiger partial charge in [0.15, 0.2) is 0 Å². The monoisotopic (exact) mass is 338 g/mol. The first-order valence-corrected chi connectivity index (χ1v) is 7.88. The molecule has 0 bridgehead atoms. The molecule has 5 nitrogen and oxygen atoms in total. The predicted molar refractivity (Wildman–Crippen MR) is 80.7 cm³/mol. The van der Waals surface area contributed by atoms with Gasteiger partial charge in [-0.25, -0.2) is 0 Å². The van der Waals surface area contributed by atoms with E-state index in [2.05, 4.69) is 31.1 Å². The smallest absolute Gasteiger partial charge is 0.255 e. The second-order valence-corrected chi connectivity index (χ2v) is 6.28. The molecule has 0 spiro atoms. The van der Waals surface area contributed by atoms with E-state index < -0.39 is 0 Å². The van der Waals surface area contributed by atoms with Gasteiger partial charge in [-0.2, -0.15) is 0 Å². The van der Waals surface area contributed by atoms with E-state index in [9.17, 15) is 4.79 Å². The molecule has 1 unspecified atom stereocenters. The van der Waals surface area contributed by atoms with E-state index in [-0.39, 0.29) is 5.91 Å². The van der Waals surface area contributed by atoms with Gasteiger partial charge in [0.2, 0.25) is 0 Å². The minimum atomic E-state index is 0.0861. The van der Waals surface area contributed by atoms with Crippen LogP contribution in [-0.4, -0.2) is 66.0 Å². The molecule has 1 N–H and O–H groups in total. The number of hydrogen-bond acceptors (Lipinski definition) is 4. The zero-order valence-corrected chi connectivity index (χ0v) is 13.0.